The van der Waals surface area contributed by atoms with Gasteiger partial charge in [-0.05, 0) is 59.8 Å². The molecule has 5 nitrogen and oxygen atoms in total. The summed E-state index contributed by atoms with van der Waals surface area (Å²) in [6.07, 6.45) is 1.78. The Morgan fingerprint density at radius 3 is 2.28 bits per heavy atom. The van der Waals surface area contributed by atoms with E-state index in [1.165, 1.54) is 0 Å². The molecule has 6 aromatic carbocycles. The number of aromatic nitrogens is 3. The molecule has 0 aliphatic heterocycles. The Morgan fingerprint density at radius 1 is 0.717 bits per heavy atom. The van der Waals surface area contributed by atoms with Gasteiger partial charge in [-0.3, -0.25) is 9.55 Å². The van der Waals surface area contributed by atoms with Gasteiger partial charge in [-0.15, -0.1) is 29.3 Å². The molecule has 6 heteroatoms. The van der Waals surface area contributed by atoms with Gasteiger partial charge in [-0.1, -0.05) is 116 Å². The molecule has 0 aliphatic carbocycles. The van der Waals surface area contributed by atoms with E-state index in [9.17, 15) is 5.11 Å². The summed E-state index contributed by atoms with van der Waals surface area (Å²) >= 11 is 0. The number of fused-ring (bicyclic) bond motifs is 4. The molecular weight excluding hydrogens is 834 g/mol. The van der Waals surface area contributed by atoms with Gasteiger partial charge in [0.1, 0.15) is 22.7 Å². The van der Waals surface area contributed by atoms with Crippen LogP contribution in [0, 0.1) is 12.9 Å². The second-order valence-electron chi connectivity index (χ2n) is 14.2. The Bertz CT molecular complexity index is 2910. The summed E-state index contributed by atoms with van der Waals surface area (Å²) in [6, 6.07) is 46.7. The summed E-state index contributed by atoms with van der Waals surface area (Å²) in [5.41, 5.74) is 10.9. The molecule has 0 spiro atoms. The first-order valence-electron chi connectivity index (χ1n) is 18.8. The maximum Gasteiger partial charge on any atom is 0.148 e. The fourth-order valence-electron chi connectivity index (χ4n) is 6.98. The van der Waals surface area contributed by atoms with E-state index >= 15 is 0 Å². The molecule has 0 bridgehead atoms. The number of nitrogens with zero attached hydrogens (tertiary/aromatic N) is 3. The topological polar surface area (TPSA) is 64.1 Å². The largest absolute Gasteiger partial charge is 0.507 e. The molecular formula is C47H36N3O2Pt-. The van der Waals surface area contributed by atoms with E-state index in [1.54, 1.807) is 24.4 Å². The second kappa shape index (κ2) is 13.3. The molecule has 53 heavy (non-hydrogen) atoms. The monoisotopic (exact) mass is 872 g/mol. The first kappa shape index (κ1) is 30.8. The van der Waals surface area contributed by atoms with Crippen LogP contribution in [-0.4, -0.2) is 19.6 Å². The van der Waals surface area contributed by atoms with E-state index < -0.39 is 6.85 Å². The molecule has 9 rings (SSSR count). The molecule has 3 heterocycles. The third kappa shape index (κ3) is 6.15. The summed E-state index contributed by atoms with van der Waals surface area (Å²) in [4.78, 5) is 10.1. The molecule has 262 valence electrons. The van der Waals surface area contributed by atoms with E-state index in [1.807, 2.05) is 91.0 Å². The molecule has 0 saturated carbocycles. The fraction of sp³-hybridized carbons (Fsp3) is 0.106. The van der Waals surface area contributed by atoms with E-state index in [2.05, 4.69) is 55.7 Å². The average molecular weight is 873 g/mol. The molecule has 0 radical (unpaired) electrons. The van der Waals surface area contributed by atoms with Gasteiger partial charge in [0.25, 0.3) is 0 Å². The van der Waals surface area contributed by atoms with Crippen LogP contribution in [0.25, 0.3) is 83.6 Å². The molecule has 0 aliphatic rings. The van der Waals surface area contributed by atoms with Gasteiger partial charge >= 0.3 is 0 Å². The predicted molar refractivity (Wildman–Crippen MR) is 212 cm³/mol. The molecule has 0 atom stereocenters. The Kier molecular flexibility index (Phi) is 7.75. The Balaban J connectivity index is 0.00000441. The SMILES string of the molecule is [2H]C([2H])([2H])c1ccc(-c2ccnc(-c3[c-]c(-c4cccc5c4nc(-c4cc6c(cc4O)oc4ccccc46)n5-c4ccccc4)cc(C(C)(C)C)c3)c2)cc1.[Pt]. The smallest absolute Gasteiger partial charge is 0.148 e. The minimum atomic E-state index is -2.16. The number of phenolic OH excluding ortho intramolecular Hbond substituents is 1. The number of hydrogen-bond donors (Lipinski definition) is 1. The number of aromatic hydroxyl groups is 1. The Morgan fingerprint density at radius 2 is 1.49 bits per heavy atom. The predicted octanol–water partition coefficient (Wildman–Crippen LogP) is 12.1. The Labute approximate surface area is 327 Å². The molecule has 1 N–H and O–H groups in total. The van der Waals surface area contributed by atoms with Crippen molar-refractivity contribution in [2.24, 2.45) is 0 Å². The van der Waals surface area contributed by atoms with Crippen molar-refractivity contribution in [1.82, 2.24) is 14.5 Å². The standard InChI is InChI=1S/C47H36N3O2.Pt/c1-29-17-19-30(20-18-29)31-21-22-48-40(26-31)33-23-32(24-34(25-33)47(2,3)4)36-14-10-15-41-45(36)49-46(50(41)35-11-6-5-7-12-35)39-27-38-37-13-8-9-16-43(37)52-44(38)28-42(39)51;/h5-22,24-28,51H,1-4H3;/q-1;/i1D3;. The molecule has 0 unspecified atom stereocenters. The van der Waals surface area contributed by atoms with Crippen LogP contribution in [0.15, 0.2) is 144 Å². The van der Waals surface area contributed by atoms with Crippen LogP contribution >= 0.6 is 0 Å². The molecule has 3 aromatic heterocycles. The van der Waals surface area contributed by atoms with Gasteiger partial charge in [0.15, 0.2) is 0 Å². The summed E-state index contributed by atoms with van der Waals surface area (Å²) in [7, 11) is 0. The van der Waals surface area contributed by atoms with E-state index in [-0.39, 0.29) is 32.2 Å². The van der Waals surface area contributed by atoms with Gasteiger partial charge in [0.05, 0.1) is 16.6 Å². The number of aryl methyl sites for hydroxylation is 1. The van der Waals surface area contributed by atoms with Crippen LogP contribution < -0.4 is 0 Å². The van der Waals surface area contributed by atoms with Crippen molar-refractivity contribution >= 4 is 33.0 Å². The summed E-state index contributed by atoms with van der Waals surface area (Å²) in [5.74, 6) is 0.674. The Hall–Kier alpha value is -5.77. The van der Waals surface area contributed by atoms with Gasteiger partial charge < -0.3 is 9.52 Å². The van der Waals surface area contributed by atoms with Crippen molar-refractivity contribution in [2.45, 2.75) is 33.0 Å². The van der Waals surface area contributed by atoms with Crippen LogP contribution in [0.5, 0.6) is 5.75 Å². The number of rotatable bonds is 5. The second-order valence-corrected chi connectivity index (χ2v) is 14.2. The molecule has 0 saturated heterocycles. The number of furan rings is 1. The number of hydrogen-bond acceptors (Lipinski definition) is 4. The van der Waals surface area contributed by atoms with E-state index in [0.29, 0.717) is 22.5 Å². The zero-order chi connectivity index (χ0) is 38.1. The summed E-state index contributed by atoms with van der Waals surface area (Å²) in [6.45, 7) is 4.40. The van der Waals surface area contributed by atoms with Crippen molar-refractivity contribution in [1.29, 1.82) is 0 Å². The number of benzene rings is 6. The number of para-hydroxylation sites is 3. The minimum absolute atomic E-state index is 0. The normalized spacial score (nSPS) is 12.8. The summed E-state index contributed by atoms with van der Waals surface area (Å²) in [5, 5.41) is 13.4. The maximum absolute atomic E-state index is 11.6. The van der Waals surface area contributed by atoms with Crippen molar-refractivity contribution in [3.05, 3.63) is 157 Å². The van der Waals surface area contributed by atoms with Gasteiger partial charge in [-0.2, -0.15) is 0 Å². The quantitative estimate of drug-likeness (QED) is 0.175. The molecule has 0 fully saturated rings. The van der Waals surface area contributed by atoms with Crippen LogP contribution in [0.2, 0.25) is 0 Å². The zero-order valence-electron chi connectivity index (χ0n) is 32.3. The third-order valence-electron chi connectivity index (χ3n) is 9.71. The number of imidazole rings is 1. The van der Waals surface area contributed by atoms with E-state index in [0.717, 1.165) is 72.2 Å². The van der Waals surface area contributed by atoms with Crippen LogP contribution in [0.3, 0.4) is 0 Å². The molecule has 9 aromatic rings. The van der Waals surface area contributed by atoms with Crippen molar-refractivity contribution in [3.8, 4) is 56.3 Å². The molecule has 0 amide bonds. The average Bonchev–Trinajstić information content (AvgIpc) is 3.75. The minimum Gasteiger partial charge on any atom is -0.507 e. The van der Waals surface area contributed by atoms with Crippen molar-refractivity contribution in [3.63, 3.8) is 0 Å². The van der Waals surface area contributed by atoms with Crippen LogP contribution in [0.4, 0.5) is 0 Å². The number of pyridine rings is 1. The van der Waals surface area contributed by atoms with Crippen LogP contribution in [0.1, 0.15) is 36.0 Å². The van der Waals surface area contributed by atoms with Gasteiger partial charge in [0, 0.05) is 59.6 Å². The summed E-state index contributed by atoms with van der Waals surface area (Å²) < 4.78 is 31.5. The first-order valence-corrected chi connectivity index (χ1v) is 17.3. The fourth-order valence-corrected chi connectivity index (χ4v) is 6.98. The maximum atomic E-state index is 11.6. The zero-order valence-corrected chi connectivity index (χ0v) is 31.6. The van der Waals surface area contributed by atoms with Crippen molar-refractivity contribution in [2.75, 3.05) is 0 Å². The third-order valence-corrected chi connectivity index (χ3v) is 9.71. The van der Waals surface area contributed by atoms with Crippen molar-refractivity contribution < 1.29 is 34.7 Å². The van der Waals surface area contributed by atoms with Crippen LogP contribution in [-0.2, 0) is 26.5 Å². The van der Waals surface area contributed by atoms with Gasteiger partial charge in [-0.25, -0.2) is 4.98 Å². The van der Waals surface area contributed by atoms with E-state index in [4.69, 9.17) is 18.5 Å². The first-order chi connectivity index (χ1) is 26.4. The number of phenols is 1. The van der Waals surface area contributed by atoms with Gasteiger partial charge in [0.2, 0.25) is 0 Å².